The van der Waals surface area contributed by atoms with Crippen molar-refractivity contribution >= 4 is 28.1 Å². The number of hydrogen-bond acceptors (Lipinski definition) is 3. The highest BCUT2D eigenvalue weighted by Crippen LogP contribution is 2.27. The van der Waals surface area contributed by atoms with Crippen molar-refractivity contribution in [2.24, 2.45) is 5.92 Å². The van der Waals surface area contributed by atoms with Crippen LogP contribution in [-0.4, -0.2) is 21.1 Å². The van der Waals surface area contributed by atoms with E-state index in [9.17, 15) is 9.00 Å². The van der Waals surface area contributed by atoms with Gasteiger partial charge in [-0.15, -0.1) is 0 Å². The van der Waals surface area contributed by atoms with E-state index in [0.717, 1.165) is 19.3 Å². The van der Waals surface area contributed by atoms with E-state index in [-0.39, 0.29) is 11.2 Å². The molecule has 1 aliphatic carbocycles. The molecule has 4 nitrogen and oxygen atoms in total. The van der Waals surface area contributed by atoms with E-state index in [0.29, 0.717) is 29.5 Å². The Morgan fingerprint density at radius 2 is 2.24 bits per heavy atom. The van der Waals surface area contributed by atoms with Gasteiger partial charge in [0, 0.05) is 39.6 Å². The van der Waals surface area contributed by atoms with Gasteiger partial charge in [0.2, 0.25) is 5.91 Å². The summed E-state index contributed by atoms with van der Waals surface area (Å²) in [6, 6.07) is 7.09. The molecule has 0 aliphatic heterocycles. The van der Waals surface area contributed by atoms with Gasteiger partial charge >= 0.3 is 0 Å². The van der Waals surface area contributed by atoms with Crippen LogP contribution in [0.4, 0.5) is 11.4 Å². The van der Waals surface area contributed by atoms with Gasteiger partial charge < -0.3 is 11.1 Å². The number of nitrogens with one attached hydrogen (secondary N) is 1. The average Bonchev–Trinajstić information content (AvgIpc) is 2.45. The molecule has 0 saturated heterocycles. The van der Waals surface area contributed by atoms with Crippen molar-refractivity contribution in [3.8, 4) is 0 Å². The Morgan fingerprint density at radius 1 is 1.43 bits per heavy atom. The molecule has 0 heterocycles. The smallest absolute Gasteiger partial charge is 0.225 e. The first-order valence-electron chi connectivity index (χ1n) is 7.57. The molecule has 3 unspecified atom stereocenters. The number of carbonyl (C=O) groups excluding carboxylic acids is 1. The third kappa shape index (κ3) is 5.16. The van der Waals surface area contributed by atoms with Gasteiger partial charge in [-0.25, -0.2) is 0 Å². The molecule has 0 aromatic heterocycles. The highest BCUT2D eigenvalue weighted by atomic mass is 32.2. The minimum absolute atomic E-state index is 0.0993. The molecule has 1 aromatic carbocycles. The van der Waals surface area contributed by atoms with Gasteiger partial charge in [0.05, 0.1) is 0 Å². The van der Waals surface area contributed by atoms with Crippen molar-refractivity contribution in [1.82, 2.24) is 0 Å². The van der Waals surface area contributed by atoms with Gasteiger partial charge in [-0.3, -0.25) is 9.00 Å². The van der Waals surface area contributed by atoms with Crippen molar-refractivity contribution in [2.45, 2.75) is 44.3 Å². The van der Waals surface area contributed by atoms with E-state index >= 15 is 0 Å². The predicted octanol–water partition coefficient (Wildman–Crippen LogP) is 2.92. The van der Waals surface area contributed by atoms with Gasteiger partial charge in [-0.1, -0.05) is 25.8 Å². The van der Waals surface area contributed by atoms with Crippen LogP contribution in [0.5, 0.6) is 0 Å². The van der Waals surface area contributed by atoms with Crippen LogP contribution in [0.25, 0.3) is 0 Å². The quantitative estimate of drug-likeness (QED) is 0.822. The normalized spacial score (nSPS) is 23.5. The van der Waals surface area contributed by atoms with Crippen LogP contribution < -0.4 is 11.1 Å². The Hall–Kier alpha value is -1.36. The number of carbonyl (C=O) groups is 1. The van der Waals surface area contributed by atoms with Gasteiger partial charge in [0.15, 0.2) is 0 Å². The van der Waals surface area contributed by atoms with E-state index in [1.54, 1.807) is 24.3 Å². The molecule has 1 fully saturated rings. The lowest BCUT2D eigenvalue weighted by Gasteiger charge is -2.25. The molecule has 0 radical (unpaired) electrons. The van der Waals surface area contributed by atoms with E-state index in [1.165, 1.54) is 6.42 Å². The zero-order valence-electron chi connectivity index (χ0n) is 12.5. The molecule has 0 spiro atoms. The number of amides is 1. The first kappa shape index (κ1) is 16.0. The molecule has 5 heteroatoms. The zero-order valence-corrected chi connectivity index (χ0v) is 13.3. The molecule has 116 valence electrons. The summed E-state index contributed by atoms with van der Waals surface area (Å²) in [5, 5.41) is 3.07. The highest BCUT2D eigenvalue weighted by Gasteiger charge is 2.24. The van der Waals surface area contributed by atoms with E-state index in [4.69, 9.17) is 5.73 Å². The third-order valence-electron chi connectivity index (χ3n) is 3.96. The van der Waals surface area contributed by atoms with E-state index in [2.05, 4.69) is 12.2 Å². The third-order valence-corrected chi connectivity index (χ3v) is 5.74. The predicted molar refractivity (Wildman–Crippen MR) is 88.5 cm³/mol. The summed E-state index contributed by atoms with van der Waals surface area (Å²) in [4.78, 5) is 11.9. The van der Waals surface area contributed by atoms with Crippen LogP contribution in [0.1, 0.15) is 39.0 Å². The van der Waals surface area contributed by atoms with Crippen LogP contribution in [-0.2, 0) is 15.6 Å². The second-order valence-corrected chi connectivity index (χ2v) is 7.74. The Kier molecular flexibility index (Phi) is 5.79. The zero-order chi connectivity index (χ0) is 15.2. The number of benzene rings is 1. The maximum atomic E-state index is 12.3. The molecule has 2 rings (SSSR count). The summed E-state index contributed by atoms with van der Waals surface area (Å²) in [5.41, 5.74) is 6.98. The highest BCUT2D eigenvalue weighted by molar-refractivity contribution is 7.85. The second kappa shape index (κ2) is 7.59. The van der Waals surface area contributed by atoms with Crippen molar-refractivity contribution in [2.75, 3.05) is 16.8 Å². The molecule has 1 amide bonds. The summed E-state index contributed by atoms with van der Waals surface area (Å²) in [7, 11) is -0.896. The van der Waals surface area contributed by atoms with Crippen molar-refractivity contribution in [1.29, 1.82) is 0 Å². The SMILES string of the molecule is CC1CCCC(S(=O)CCC(=O)Nc2cccc(N)c2)C1. The Balaban J connectivity index is 1.77. The molecule has 3 N–H and O–H groups in total. The molecule has 1 aliphatic rings. The lowest BCUT2D eigenvalue weighted by atomic mass is 9.91. The van der Waals surface area contributed by atoms with Gasteiger partial charge in [0.25, 0.3) is 0 Å². The first-order valence-corrected chi connectivity index (χ1v) is 8.95. The molecule has 3 atom stereocenters. The Labute approximate surface area is 129 Å². The monoisotopic (exact) mass is 308 g/mol. The Bertz CT molecular complexity index is 519. The van der Waals surface area contributed by atoms with Gasteiger partial charge in [-0.05, 0) is 37.0 Å². The van der Waals surface area contributed by atoms with Crippen molar-refractivity contribution in [3.05, 3.63) is 24.3 Å². The maximum absolute atomic E-state index is 12.3. The van der Waals surface area contributed by atoms with E-state index in [1.807, 2.05) is 0 Å². The van der Waals surface area contributed by atoms with Crippen molar-refractivity contribution in [3.63, 3.8) is 0 Å². The van der Waals surface area contributed by atoms with Crippen LogP contribution in [0.3, 0.4) is 0 Å². The second-order valence-electron chi connectivity index (χ2n) is 5.90. The largest absolute Gasteiger partial charge is 0.399 e. The standard InChI is InChI=1S/C16H24N2O2S/c1-12-4-2-7-15(10-12)21(20)9-8-16(19)18-14-6-3-5-13(17)11-14/h3,5-6,11-12,15H,2,4,7-10,17H2,1H3,(H,18,19). The molecule has 0 bridgehead atoms. The lowest BCUT2D eigenvalue weighted by molar-refractivity contribution is -0.115. The fourth-order valence-electron chi connectivity index (χ4n) is 2.82. The molecular weight excluding hydrogens is 284 g/mol. The summed E-state index contributed by atoms with van der Waals surface area (Å²) in [6.45, 7) is 2.22. The number of anilines is 2. The fourth-order valence-corrected chi connectivity index (χ4v) is 4.51. The van der Waals surface area contributed by atoms with Gasteiger partial charge in [0.1, 0.15) is 0 Å². The summed E-state index contributed by atoms with van der Waals surface area (Å²) >= 11 is 0. The van der Waals surface area contributed by atoms with Gasteiger partial charge in [-0.2, -0.15) is 0 Å². The van der Waals surface area contributed by atoms with Crippen LogP contribution in [0, 0.1) is 5.92 Å². The van der Waals surface area contributed by atoms with Crippen molar-refractivity contribution < 1.29 is 9.00 Å². The van der Waals surface area contributed by atoms with E-state index < -0.39 is 10.8 Å². The average molecular weight is 308 g/mol. The molecule has 21 heavy (non-hydrogen) atoms. The number of rotatable bonds is 5. The topological polar surface area (TPSA) is 72.2 Å². The molecular formula is C16H24N2O2S. The minimum Gasteiger partial charge on any atom is -0.399 e. The minimum atomic E-state index is -0.896. The number of nitrogen functional groups attached to an aromatic ring is 1. The summed E-state index contributed by atoms with van der Waals surface area (Å²) in [6.07, 6.45) is 4.76. The van der Waals surface area contributed by atoms with Crippen LogP contribution in [0.2, 0.25) is 0 Å². The number of nitrogens with two attached hydrogens (primary N) is 1. The summed E-state index contributed by atoms with van der Waals surface area (Å²) in [5.74, 6) is 1.01. The Morgan fingerprint density at radius 3 is 2.95 bits per heavy atom. The lowest BCUT2D eigenvalue weighted by Crippen LogP contribution is -2.26. The first-order chi connectivity index (χ1) is 10.0. The van der Waals surface area contributed by atoms with Crippen LogP contribution in [0.15, 0.2) is 24.3 Å². The number of hydrogen-bond donors (Lipinski definition) is 2. The molecule has 1 aromatic rings. The molecule has 1 saturated carbocycles. The summed E-state index contributed by atoms with van der Waals surface area (Å²) < 4.78 is 12.3. The fraction of sp³-hybridized carbons (Fsp3) is 0.562. The maximum Gasteiger partial charge on any atom is 0.225 e. The van der Waals surface area contributed by atoms with Crippen LogP contribution >= 0.6 is 0 Å².